The van der Waals surface area contributed by atoms with Crippen molar-refractivity contribution in [1.29, 1.82) is 0 Å². The number of benzene rings is 2. The number of carbonyl (C=O) groups is 2. The molecule has 0 saturated heterocycles. The van der Waals surface area contributed by atoms with Gasteiger partial charge in [-0.15, -0.1) is 11.3 Å². The number of anilines is 2. The number of thiazole rings is 1. The highest BCUT2D eigenvalue weighted by atomic mass is 32.1. The molecule has 1 N–H and O–H groups in total. The van der Waals surface area contributed by atoms with Crippen LogP contribution in [0.5, 0.6) is 0 Å². The van der Waals surface area contributed by atoms with Crippen LogP contribution in [-0.4, -0.2) is 22.1 Å². The van der Waals surface area contributed by atoms with E-state index in [1.54, 1.807) is 24.5 Å². The molecule has 0 unspecified atom stereocenters. The molecule has 39 heavy (non-hydrogen) atoms. The summed E-state index contributed by atoms with van der Waals surface area (Å²) in [7, 11) is 0. The minimum atomic E-state index is -0.672. The van der Waals surface area contributed by atoms with Gasteiger partial charge in [-0.1, -0.05) is 53.8 Å². The number of rotatable bonds is 5. The van der Waals surface area contributed by atoms with E-state index in [0.717, 1.165) is 4.88 Å². The molecule has 8 nitrogen and oxygen atoms in total. The third-order valence-electron chi connectivity index (χ3n) is 6.61. The van der Waals surface area contributed by atoms with E-state index in [1.807, 2.05) is 78.2 Å². The van der Waals surface area contributed by atoms with Gasteiger partial charge in [0.1, 0.15) is 12.0 Å². The van der Waals surface area contributed by atoms with Gasteiger partial charge in [-0.25, -0.2) is 4.99 Å². The van der Waals surface area contributed by atoms with Gasteiger partial charge in [0.15, 0.2) is 4.80 Å². The minimum Gasteiger partial charge on any atom is -0.322 e. The number of amides is 2. The number of para-hydroxylation sites is 2. The molecule has 0 spiro atoms. The summed E-state index contributed by atoms with van der Waals surface area (Å²) < 4.78 is 1.95. The Kier molecular flexibility index (Phi) is 6.41. The lowest BCUT2D eigenvalue weighted by atomic mass is 10.0. The highest BCUT2D eigenvalue weighted by molar-refractivity contribution is 7.10. The minimum absolute atomic E-state index is 0.224. The Morgan fingerprint density at radius 2 is 1.69 bits per heavy atom. The highest BCUT2D eigenvalue weighted by Crippen LogP contribution is 2.33. The van der Waals surface area contributed by atoms with Gasteiger partial charge in [-0.3, -0.25) is 19.0 Å². The van der Waals surface area contributed by atoms with E-state index in [4.69, 9.17) is 0 Å². The molecule has 2 aliphatic rings. The molecule has 4 heterocycles. The van der Waals surface area contributed by atoms with E-state index in [1.165, 1.54) is 27.7 Å². The number of allylic oxidation sites excluding steroid dienone is 1. The van der Waals surface area contributed by atoms with Crippen LogP contribution in [0.1, 0.15) is 24.8 Å². The van der Waals surface area contributed by atoms with Crippen molar-refractivity contribution in [3.63, 3.8) is 0 Å². The molecular formula is C29H23N5O3S2. The molecule has 0 bridgehead atoms. The Hall–Kier alpha value is -4.41. The van der Waals surface area contributed by atoms with Gasteiger partial charge in [0, 0.05) is 10.6 Å². The van der Waals surface area contributed by atoms with E-state index < -0.39 is 12.0 Å². The largest absolute Gasteiger partial charge is 0.322 e. The van der Waals surface area contributed by atoms with Gasteiger partial charge in [-0.2, -0.15) is 10.1 Å². The smallest absolute Gasteiger partial charge is 0.270 e. The van der Waals surface area contributed by atoms with Crippen molar-refractivity contribution in [2.75, 3.05) is 10.3 Å². The summed E-state index contributed by atoms with van der Waals surface area (Å²) >= 11 is 2.68. The fraction of sp³-hybridized carbons (Fsp3) is 0.138. The van der Waals surface area contributed by atoms with Gasteiger partial charge < -0.3 is 5.32 Å². The van der Waals surface area contributed by atoms with Crippen LogP contribution in [-0.2, 0) is 9.59 Å². The number of carbonyl (C=O) groups excluding carboxylic acids is 2. The molecule has 0 radical (unpaired) electrons. The van der Waals surface area contributed by atoms with Crippen LogP contribution >= 0.6 is 22.7 Å². The Morgan fingerprint density at radius 1 is 0.974 bits per heavy atom. The molecule has 0 saturated carbocycles. The Balaban J connectivity index is 1.42. The summed E-state index contributed by atoms with van der Waals surface area (Å²) in [5.41, 5.74) is 2.58. The molecule has 194 valence electrons. The van der Waals surface area contributed by atoms with Crippen LogP contribution in [0.25, 0.3) is 6.08 Å². The maximum absolute atomic E-state index is 13.9. The van der Waals surface area contributed by atoms with Gasteiger partial charge in [0.25, 0.3) is 17.4 Å². The first kappa shape index (κ1) is 24.9. The molecule has 10 heteroatoms. The number of nitrogens with zero attached hydrogens (tertiary/aromatic N) is 4. The van der Waals surface area contributed by atoms with Crippen molar-refractivity contribution in [2.24, 2.45) is 16.0 Å². The Bertz CT molecular complexity index is 1820. The molecule has 0 aliphatic carbocycles. The van der Waals surface area contributed by atoms with Crippen molar-refractivity contribution in [3.05, 3.63) is 114 Å². The average molecular weight is 554 g/mol. The Labute approximate surface area is 231 Å². The third kappa shape index (κ3) is 4.47. The summed E-state index contributed by atoms with van der Waals surface area (Å²) in [4.78, 5) is 46.7. The molecule has 2 amide bonds. The van der Waals surface area contributed by atoms with Gasteiger partial charge in [-0.05, 0) is 55.6 Å². The zero-order valence-electron chi connectivity index (χ0n) is 21.1. The summed E-state index contributed by atoms with van der Waals surface area (Å²) in [6.45, 7) is 3.57. The van der Waals surface area contributed by atoms with E-state index in [0.29, 0.717) is 37.7 Å². The van der Waals surface area contributed by atoms with Crippen LogP contribution in [0.15, 0.2) is 104 Å². The van der Waals surface area contributed by atoms with Gasteiger partial charge >= 0.3 is 0 Å². The predicted molar refractivity (Wildman–Crippen MR) is 155 cm³/mol. The van der Waals surface area contributed by atoms with Crippen molar-refractivity contribution < 1.29 is 9.59 Å². The van der Waals surface area contributed by atoms with Crippen molar-refractivity contribution >= 4 is 57.7 Å². The second-order valence-corrected chi connectivity index (χ2v) is 11.1. The van der Waals surface area contributed by atoms with Crippen LogP contribution in [0, 0.1) is 5.92 Å². The number of hydrogen-bond donors (Lipinski definition) is 1. The topological polar surface area (TPSA) is 96.1 Å². The van der Waals surface area contributed by atoms with Crippen molar-refractivity contribution in [3.8, 4) is 0 Å². The van der Waals surface area contributed by atoms with E-state index >= 15 is 0 Å². The molecular weight excluding hydrogens is 530 g/mol. The quantitative estimate of drug-likeness (QED) is 0.406. The molecule has 2 aromatic heterocycles. The van der Waals surface area contributed by atoms with Crippen LogP contribution in [0.4, 0.5) is 11.4 Å². The van der Waals surface area contributed by atoms with Crippen LogP contribution in [0.3, 0.4) is 0 Å². The maximum atomic E-state index is 13.9. The summed E-state index contributed by atoms with van der Waals surface area (Å²) in [5.74, 6) is -1.21. The first-order valence-corrected chi connectivity index (χ1v) is 14.0. The summed E-state index contributed by atoms with van der Waals surface area (Å²) in [6, 6.07) is 21.6. The normalized spacial score (nSPS) is 19.1. The van der Waals surface area contributed by atoms with E-state index in [9.17, 15) is 14.4 Å². The molecule has 6 rings (SSSR count). The average Bonchev–Trinajstić information content (AvgIpc) is 3.65. The molecule has 4 aromatic rings. The molecule has 2 aliphatic heterocycles. The maximum Gasteiger partial charge on any atom is 0.270 e. The number of nitrogens with one attached hydrogen (secondary N) is 1. The standard InChI is InChI=1S/C29H23N5O3S2/c1-17-21(27(36)34(32-17)20-12-7-4-8-13-20)16-23-28(37)33-25(22-14-9-15-38-22)24(18(2)30-29(33)39-23)26(35)31-19-10-5-3-6-11-19/h3-16,21,25H,1-2H3,(H,31,35)/b23-16+/t21-,25-/m1/s1. The lowest BCUT2D eigenvalue weighted by molar-refractivity contribution is -0.118. The number of thiophene rings is 1. The molecule has 0 fully saturated rings. The summed E-state index contributed by atoms with van der Waals surface area (Å²) in [6.07, 6.45) is 1.67. The number of hydrazone groups is 1. The lowest BCUT2D eigenvalue weighted by Gasteiger charge is -2.24. The van der Waals surface area contributed by atoms with Crippen molar-refractivity contribution in [2.45, 2.75) is 19.9 Å². The molecule has 2 atom stereocenters. The number of aromatic nitrogens is 1. The predicted octanol–water partition coefficient (Wildman–Crippen LogP) is 3.93. The number of hydrogen-bond acceptors (Lipinski definition) is 7. The van der Waals surface area contributed by atoms with Crippen LogP contribution in [0.2, 0.25) is 0 Å². The Morgan fingerprint density at radius 3 is 2.38 bits per heavy atom. The monoisotopic (exact) mass is 553 g/mol. The second kappa shape index (κ2) is 10.0. The number of fused-ring (bicyclic) bond motifs is 1. The van der Waals surface area contributed by atoms with Crippen molar-refractivity contribution in [1.82, 2.24) is 4.57 Å². The zero-order chi connectivity index (χ0) is 27.1. The van der Waals surface area contributed by atoms with E-state index in [-0.39, 0.29) is 17.4 Å². The van der Waals surface area contributed by atoms with E-state index in [2.05, 4.69) is 15.4 Å². The summed E-state index contributed by atoms with van der Waals surface area (Å²) in [5, 5.41) is 10.7. The first-order valence-electron chi connectivity index (χ1n) is 12.3. The van der Waals surface area contributed by atoms with Gasteiger partial charge in [0.05, 0.1) is 27.2 Å². The fourth-order valence-corrected chi connectivity index (χ4v) is 6.62. The highest BCUT2D eigenvalue weighted by Gasteiger charge is 2.35. The first-order chi connectivity index (χ1) is 18.9. The second-order valence-electron chi connectivity index (χ2n) is 9.14. The van der Waals surface area contributed by atoms with Crippen LogP contribution < -0.4 is 25.2 Å². The lowest BCUT2D eigenvalue weighted by Crippen LogP contribution is -2.40. The van der Waals surface area contributed by atoms with Gasteiger partial charge in [0.2, 0.25) is 0 Å². The zero-order valence-corrected chi connectivity index (χ0v) is 22.7. The fourth-order valence-electron chi connectivity index (χ4n) is 4.74. The third-order valence-corrected chi connectivity index (χ3v) is 8.54. The molecule has 2 aromatic carbocycles. The SMILES string of the molecule is CC1=NN(c2ccccc2)C(=O)[C@@H]1/C=c1/sc2n(c1=O)[C@H](c1cccs1)C(C(=O)Nc1ccccc1)=C(C)N=2.